The number of hydrogen-bond acceptors (Lipinski definition) is 4. The molecule has 2 aliphatic carbocycles. The van der Waals surface area contributed by atoms with Crippen molar-refractivity contribution in [3.63, 3.8) is 0 Å². The number of aromatic amines is 1. The summed E-state index contributed by atoms with van der Waals surface area (Å²) in [6, 6.07) is 0. The lowest BCUT2D eigenvalue weighted by Gasteiger charge is -2.31. The summed E-state index contributed by atoms with van der Waals surface area (Å²) in [6.45, 7) is 0.600. The number of amides is 1. The van der Waals surface area contributed by atoms with Crippen molar-refractivity contribution in [3.8, 4) is 0 Å². The molecule has 0 aliphatic heterocycles. The minimum absolute atomic E-state index is 0.179. The lowest BCUT2D eigenvalue weighted by atomic mass is 9.82. The summed E-state index contributed by atoms with van der Waals surface area (Å²) >= 11 is 0. The standard InChI is InChI=1S/C11H16N4O2/c16-8-3-6(4-8)5-12-11(17)10-13-9(14-15-10)7-1-2-7/h6-8,16H,1-5H2,(H,12,17)(H,13,14,15). The van der Waals surface area contributed by atoms with Crippen LogP contribution in [0.1, 0.15) is 48.0 Å². The largest absolute Gasteiger partial charge is 0.393 e. The van der Waals surface area contributed by atoms with Crippen LogP contribution in [0, 0.1) is 5.92 Å². The van der Waals surface area contributed by atoms with E-state index in [9.17, 15) is 4.79 Å². The molecule has 0 aromatic carbocycles. The molecule has 0 saturated heterocycles. The molecule has 2 saturated carbocycles. The van der Waals surface area contributed by atoms with E-state index in [1.807, 2.05) is 0 Å². The first kappa shape index (κ1) is 10.7. The molecule has 2 fully saturated rings. The van der Waals surface area contributed by atoms with E-state index in [1.54, 1.807) is 0 Å². The van der Waals surface area contributed by atoms with Gasteiger partial charge in [-0.3, -0.25) is 9.89 Å². The molecular weight excluding hydrogens is 220 g/mol. The lowest BCUT2D eigenvalue weighted by molar-refractivity contribution is 0.0419. The summed E-state index contributed by atoms with van der Waals surface area (Å²) in [5.74, 6) is 1.71. The molecule has 0 atom stereocenters. The van der Waals surface area contributed by atoms with E-state index < -0.39 is 0 Å². The Morgan fingerprint density at radius 3 is 2.88 bits per heavy atom. The predicted molar refractivity (Wildman–Crippen MR) is 59.4 cm³/mol. The highest BCUT2D eigenvalue weighted by molar-refractivity contribution is 5.90. The number of aromatic nitrogens is 3. The van der Waals surface area contributed by atoms with Crippen molar-refractivity contribution in [1.82, 2.24) is 20.5 Å². The maximum Gasteiger partial charge on any atom is 0.290 e. The van der Waals surface area contributed by atoms with Gasteiger partial charge in [0.2, 0.25) is 5.82 Å². The second-order valence-electron chi connectivity index (χ2n) is 5.02. The van der Waals surface area contributed by atoms with E-state index in [0.717, 1.165) is 31.5 Å². The first-order valence-electron chi connectivity index (χ1n) is 6.11. The van der Waals surface area contributed by atoms with Crippen molar-refractivity contribution < 1.29 is 9.90 Å². The fourth-order valence-electron chi connectivity index (χ4n) is 2.10. The van der Waals surface area contributed by atoms with Crippen LogP contribution in [0.2, 0.25) is 0 Å². The highest BCUT2D eigenvalue weighted by Crippen LogP contribution is 2.37. The number of H-pyrrole nitrogens is 1. The average molecular weight is 236 g/mol. The fourth-order valence-corrected chi connectivity index (χ4v) is 2.10. The SMILES string of the molecule is O=C(NCC1CC(O)C1)c1n[nH]c(C2CC2)n1. The molecule has 1 amide bonds. The minimum atomic E-state index is -0.227. The van der Waals surface area contributed by atoms with Crippen LogP contribution in [0.15, 0.2) is 0 Å². The van der Waals surface area contributed by atoms with Gasteiger partial charge in [-0.15, -0.1) is 5.10 Å². The molecule has 0 unspecified atom stereocenters. The smallest absolute Gasteiger partial charge is 0.290 e. The fraction of sp³-hybridized carbons (Fsp3) is 0.727. The van der Waals surface area contributed by atoms with Crippen LogP contribution in [0.5, 0.6) is 0 Å². The van der Waals surface area contributed by atoms with E-state index in [4.69, 9.17) is 5.11 Å². The van der Waals surface area contributed by atoms with E-state index >= 15 is 0 Å². The molecule has 0 bridgehead atoms. The molecule has 17 heavy (non-hydrogen) atoms. The Bertz CT molecular complexity index is 421. The molecule has 6 heteroatoms. The Morgan fingerprint density at radius 2 is 2.24 bits per heavy atom. The summed E-state index contributed by atoms with van der Waals surface area (Å²) in [5, 5.41) is 18.7. The van der Waals surface area contributed by atoms with Crippen LogP contribution >= 0.6 is 0 Å². The number of aliphatic hydroxyl groups is 1. The molecule has 1 heterocycles. The van der Waals surface area contributed by atoms with Crippen LogP contribution in [0.4, 0.5) is 0 Å². The maximum atomic E-state index is 11.7. The number of hydrogen-bond donors (Lipinski definition) is 3. The monoisotopic (exact) mass is 236 g/mol. The third-order valence-electron chi connectivity index (χ3n) is 3.43. The van der Waals surface area contributed by atoms with Gasteiger partial charge in [0.1, 0.15) is 5.82 Å². The molecule has 2 aliphatic rings. The topological polar surface area (TPSA) is 90.9 Å². The summed E-state index contributed by atoms with van der Waals surface area (Å²) in [5.41, 5.74) is 0. The molecule has 0 spiro atoms. The zero-order valence-corrected chi connectivity index (χ0v) is 9.52. The molecular formula is C11H16N4O2. The zero-order valence-electron chi connectivity index (χ0n) is 9.52. The van der Waals surface area contributed by atoms with Crippen molar-refractivity contribution >= 4 is 5.91 Å². The third kappa shape index (κ3) is 2.31. The van der Waals surface area contributed by atoms with Gasteiger partial charge in [0.05, 0.1) is 6.10 Å². The number of aliphatic hydroxyl groups excluding tert-OH is 1. The van der Waals surface area contributed by atoms with Gasteiger partial charge in [-0.05, 0) is 31.6 Å². The van der Waals surface area contributed by atoms with Gasteiger partial charge in [-0.25, -0.2) is 4.98 Å². The summed E-state index contributed by atoms with van der Waals surface area (Å²) in [6.07, 6.45) is 3.65. The van der Waals surface area contributed by atoms with Crippen molar-refractivity contribution in [2.75, 3.05) is 6.54 Å². The summed E-state index contributed by atoms with van der Waals surface area (Å²) in [7, 11) is 0. The van der Waals surface area contributed by atoms with Gasteiger partial charge in [0.25, 0.3) is 5.91 Å². The third-order valence-corrected chi connectivity index (χ3v) is 3.43. The number of carbonyl (C=O) groups excluding carboxylic acids is 1. The van der Waals surface area contributed by atoms with Gasteiger partial charge in [0, 0.05) is 12.5 Å². The second-order valence-corrected chi connectivity index (χ2v) is 5.02. The molecule has 3 N–H and O–H groups in total. The van der Waals surface area contributed by atoms with Gasteiger partial charge in [-0.1, -0.05) is 0 Å². The molecule has 1 aromatic rings. The van der Waals surface area contributed by atoms with E-state index in [0.29, 0.717) is 18.4 Å². The zero-order chi connectivity index (χ0) is 11.8. The van der Waals surface area contributed by atoms with Crippen LogP contribution in [-0.2, 0) is 0 Å². The van der Waals surface area contributed by atoms with Gasteiger partial charge in [-0.2, -0.15) is 0 Å². The number of nitrogens with one attached hydrogen (secondary N) is 2. The van der Waals surface area contributed by atoms with Gasteiger partial charge < -0.3 is 10.4 Å². The van der Waals surface area contributed by atoms with E-state index in [2.05, 4.69) is 20.5 Å². The van der Waals surface area contributed by atoms with Crippen molar-refractivity contribution in [2.24, 2.45) is 5.92 Å². The van der Waals surface area contributed by atoms with Gasteiger partial charge in [0.15, 0.2) is 0 Å². The van der Waals surface area contributed by atoms with Crippen LogP contribution in [0.3, 0.4) is 0 Å². The second kappa shape index (κ2) is 4.10. The average Bonchev–Trinajstić information content (AvgIpc) is 3.01. The molecule has 92 valence electrons. The first-order valence-corrected chi connectivity index (χ1v) is 6.11. The van der Waals surface area contributed by atoms with Gasteiger partial charge >= 0.3 is 0 Å². The molecule has 6 nitrogen and oxygen atoms in total. The van der Waals surface area contributed by atoms with Crippen molar-refractivity contribution in [1.29, 1.82) is 0 Å². The lowest BCUT2D eigenvalue weighted by Crippen LogP contribution is -2.38. The van der Waals surface area contributed by atoms with Crippen LogP contribution < -0.4 is 5.32 Å². The Labute approximate surface area is 98.8 Å². The van der Waals surface area contributed by atoms with E-state index in [1.165, 1.54) is 0 Å². The Morgan fingerprint density at radius 1 is 1.47 bits per heavy atom. The van der Waals surface area contributed by atoms with E-state index in [-0.39, 0.29) is 17.8 Å². The van der Waals surface area contributed by atoms with Crippen LogP contribution in [0.25, 0.3) is 0 Å². The predicted octanol–water partition coefficient (Wildman–Crippen LogP) is 0.183. The maximum absolute atomic E-state index is 11.7. The molecule has 3 rings (SSSR count). The van der Waals surface area contributed by atoms with Crippen molar-refractivity contribution in [3.05, 3.63) is 11.6 Å². The summed E-state index contributed by atoms with van der Waals surface area (Å²) in [4.78, 5) is 15.9. The highest BCUT2D eigenvalue weighted by atomic mass is 16.3. The Kier molecular flexibility index (Phi) is 2.58. The highest BCUT2D eigenvalue weighted by Gasteiger charge is 2.29. The number of rotatable bonds is 4. The minimum Gasteiger partial charge on any atom is -0.393 e. The quantitative estimate of drug-likeness (QED) is 0.695. The number of carbonyl (C=O) groups is 1. The summed E-state index contributed by atoms with van der Waals surface area (Å²) < 4.78 is 0. The molecule has 0 radical (unpaired) electrons. The Balaban J connectivity index is 1.50. The van der Waals surface area contributed by atoms with Crippen LogP contribution in [-0.4, -0.2) is 38.8 Å². The molecule has 1 aromatic heterocycles. The number of nitrogens with zero attached hydrogens (tertiary/aromatic N) is 2. The Hall–Kier alpha value is -1.43. The first-order chi connectivity index (χ1) is 8.22. The van der Waals surface area contributed by atoms with Crippen molar-refractivity contribution in [2.45, 2.75) is 37.7 Å². The normalized spacial score (nSPS) is 27.6.